The van der Waals surface area contributed by atoms with Crippen molar-refractivity contribution in [1.29, 1.82) is 5.26 Å². The molecule has 2 heterocycles. The van der Waals surface area contributed by atoms with E-state index in [1.165, 1.54) is 6.20 Å². The number of benzene rings is 1. The predicted molar refractivity (Wildman–Crippen MR) is 123 cm³/mol. The van der Waals surface area contributed by atoms with Crippen molar-refractivity contribution in [2.45, 2.75) is 33.2 Å². The molecule has 2 aromatic rings. The summed E-state index contributed by atoms with van der Waals surface area (Å²) in [7, 11) is 0. The van der Waals surface area contributed by atoms with Crippen LogP contribution >= 0.6 is 11.6 Å². The Hall–Kier alpha value is -2.73. The summed E-state index contributed by atoms with van der Waals surface area (Å²) in [6.07, 6.45) is 3.35. The summed E-state index contributed by atoms with van der Waals surface area (Å²) in [5.74, 6) is 0.604. The van der Waals surface area contributed by atoms with E-state index in [1.807, 2.05) is 38.1 Å². The van der Waals surface area contributed by atoms with Gasteiger partial charge in [-0.1, -0.05) is 37.6 Å². The van der Waals surface area contributed by atoms with Crippen LogP contribution in [0.5, 0.6) is 0 Å². The summed E-state index contributed by atoms with van der Waals surface area (Å²) in [6, 6.07) is 9.46. The van der Waals surface area contributed by atoms with Crippen LogP contribution in [0.1, 0.15) is 48.4 Å². The van der Waals surface area contributed by atoms with Crippen LogP contribution in [0.15, 0.2) is 30.5 Å². The van der Waals surface area contributed by atoms with Crippen molar-refractivity contribution in [3.8, 4) is 6.07 Å². The molecule has 0 radical (unpaired) electrons. The van der Waals surface area contributed by atoms with Crippen LogP contribution in [-0.4, -0.2) is 52.1 Å². The third-order valence-corrected chi connectivity index (χ3v) is 5.69. The Morgan fingerprint density at radius 3 is 2.81 bits per heavy atom. The summed E-state index contributed by atoms with van der Waals surface area (Å²) < 4.78 is 0. The number of piperidine rings is 1. The lowest BCUT2D eigenvalue weighted by atomic mass is 9.97. The van der Waals surface area contributed by atoms with Gasteiger partial charge in [0, 0.05) is 25.3 Å². The van der Waals surface area contributed by atoms with Crippen LogP contribution in [0.2, 0.25) is 5.02 Å². The normalized spacial score (nSPS) is 14.9. The lowest BCUT2D eigenvalue weighted by Gasteiger charge is -2.31. The molecular formula is C23H29ClN6O2. The van der Waals surface area contributed by atoms with Gasteiger partial charge in [-0.15, -0.1) is 0 Å². The Kier molecular flexibility index (Phi) is 8.39. The summed E-state index contributed by atoms with van der Waals surface area (Å²) >= 11 is 6.27. The second kappa shape index (κ2) is 11.2. The van der Waals surface area contributed by atoms with Crippen LogP contribution in [0.25, 0.3) is 0 Å². The topological polar surface area (TPSA) is 105 Å². The van der Waals surface area contributed by atoms with Gasteiger partial charge in [0.1, 0.15) is 11.1 Å². The third-order valence-electron chi connectivity index (χ3n) is 5.43. The monoisotopic (exact) mass is 456 g/mol. The van der Waals surface area contributed by atoms with Crippen molar-refractivity contribution in [3.05, 3.63) is 52.4 Å². The number of nitrogens with zero attached hydrogens (tertiary/aromatic N) is 5. The van der Waals surface area contributed by atoms with Crippen molar-refractivity contribution in [1.82, 2.24) is 20.3 Å². The van der Waals surface area contributed by atoms with Gasteiger partial charge in [-0.25, -0.2) is 4.98 Å². The molecule has 0 bridgehead atoms. The van der Waals surface area contributed by atoms with Crippen LogP contribution in [0.3, 0.4) is 0 Å². The van der Waals surface area contributed by atoms with E-state index in [1.54, 1.807) is 11.1 Å². The molecule has 0 aliphatic carbocycles. The van der Waals surface area contributed by atoms with Gasteiger partial charge in [-0.3, -0.25) is 20.1 Å². The minimum atomic E-state index is -0.278. The number of aliphatic hydroxyl groups is 1. The molecule has 1 aromatic carbocycles. The molecule has 3 rings (SSSR count). The Morgan fingerprint density at radius 1 is 1.41 bits per heavy atom. The number of hydrogen-bond acceptors (Lipinski definition) is 7. The predicted octanol–water partition coefficient (Wildman–Crippen LogP) is 3.01. The number of amides is 1. The van der Waals surface area contributed by atoms with Crippen molar-refractivity contribution in [2.75, 3.05) is 31.3 Å². The lowest BCUT2D eigenvalue weighted by Crippen LogP contribution is -2.45. The zero-order valence-corrected chi connectivity index (χ0v) is 19.2. The Bertz CT molecular complexity index is 969. The van der Waals surface area contributed by atoms with Gasteiger partial charge in [0.15, 0.2) is 5.82 Å². The molecule has 170 valence electrons. The standard InChI is InChI=1S/C23H29ClN6O2/c1-16(2)13-30(22-20(24)12-26-21(11-25)27-22)28-23(32)19-5-3-4-18(10-19)14-29-8-6-17(15-31)7-9-29/h3-5,10,12,16-17,31H,6-9,13-15H2,1-2H3,(H,28,32). The molecule has 1 aromatic heterocycles. The molecule has 1 saturated heterocycles. The molecule has 2 N–H and O–H groups in total. The molecule has 8 nitrogen and oxygen atoms in total. The summed E-state index contributed by atoms with van der Waals surface area (Å²) in [5, 5.41) is 20.3. The number of likely N-dealkylation sites (tertiary alicyclic amines) is 1. The lowest BCUT2D eigenvalue weighted by molar-refractivity contribution is 0.0947. The molecule has 1 fully saturated rings. The van der Waals surface area contributed by atoms with Gasteiger partial charge in [-0.05, 0) is 55.5 Å². The first-order valence-corrected chi connectivity index (χ1v) is 11.2. The molecule has 0 unspecified atom stereocenters. The summed E-state index contributed by atoms with van der Waals surface area (Å²) in [6.45, 7) is 7.39. The van der Waals surface area contributed by atoms with E-state index in [9.17, 15) is 9.90 Å². The number of hydrazine groups is 1. The number of anilines is 1. The van der Waals surface area contributed by atoms with Gasteiger partial charge >= 0.3 is 0 Å². The highest BCUT2D eigenvalue weighted by Crippen LogP contribution is 2.23. The fraction of sp³-hybridized carbons (Fsp3) is 0.478. The Labute approximate surface area is 193 Å². The highest BCUT2D eigenvalue weighted by Gasteiger charge is 2.21. The van der Waals surface area contributed by atoms with Crippen molar-refractivity contribution in [3.63, 3.8) is 0 Å². The maximum Gasteiger partial charge on any atom is 0.269 e. The Morgan fingerprint density at radius 2 is 2.16 bits per heavy atom. The number of halogens is 1. The van der Waals surface area contributed by atoms with E-state index >= 15 is 0 Å². The van der Waals surface area contributed by atoms with E-state index in [2.05, 4.69) is 20.3 Å². The van der Waals surface area contributed by atoms with Crippen molar-refractivity contribution >= 4 is 23.3 Å². The number of carbonyl (C=O) groups is 1. The van der Waals surface area contributed by atoms with Gasteiger partial charge in [-0.2, -0.15) is 10.2 Å². The number of aromatic nitrogens is 2. The number of aliphatic hydroxyl groups excluding tert-OH is 1. The van der Waals surface area contributed by atoms with Crippen LogP contribution in [-0.2, 0) is 6.54 Å². The second-order valence-electron chi connectivity index (χ2n) is 8.52. The highest BCUT2D eigenvalue weighted by molar-refractivity contribution is 6.32. The fourth-order valence-electron chi connectivity index (χ4n) is 3.73. The number of carbonyl (C=O) groups excluding carboxylic acids is 1. The number of hydrogen-bond donors (Lipinski definition) is 2. The maximum atomic E-state index is 13.1. The van der Waals surface area contributed by atoms with E-state index in [4.69, 9.17) is 16.9 Å². The van der Waals surface area contributed by atoms with Gasteiger partial charge in [0.25, 0.3) is 5.91 Å². The largest absolute Gasteiger partial charge is 0.396 e. The summed E-state index contributed by atoms with van der Waals surface area (Å²) in [4.78, 5) is 23.5. The molecule has 0 spiro atoms. The molecular weight excluding hydrogens is 428 g/mol. The number of nitriles is 1. The maximum absolute atomic E-state index is 13.1. The molecule has 1 aliphatic heterocycles. The highest BCUT2D eigenvalue weighted by atomic mass is 35.5. The quantitative estimate of drug-likeness (QED) is 0.588. The van der Waals surface area contributed by atoms with Gasteiger partial charge in [0.05, 0.1) is 6.20 Å². The van der Waals surface area contributed by atoms with E-state index < -0.39 is 0 Å². The van der Waals surface area contributed by atoms with E-state index in [0.29, 0.717) is 23.8 Å². The average Bonchev–Trinajstić information content (AvgIpc) is 2.79. The smallest absolute Gasteiger partial charge is 0.269 e. The summed E-state index contributed by atoms with van der Waals surface area (Å²) in [5.41, 5.74) is 4.48. The Balaban J connectivity index is 1.73. The number of nitrogens with one attached hydrogen (secondary N) is 1. The third kappa shape index (κ3) is 6.39. The first-order valence-electron chi connectivity index (χ1n) is 10.8. The zero-order valence-electron chi connectivity index (χ0n) is 18.5. The van der Waals surface area contributed by atoms with Crippen molar-refractivity contribution in [2.24, 2.45) is 11.8 Å². The van der Waals surface area contributed by atoms with Crippen molar-refractivity contribution < 1.29 is 9.90 Å². The molecule has 1 amide bonds. The van der Waals surface area contributed by atoms with E-state index in [-0.39, 0.29) is 29.3 Å². The SMILES string of the molecule is CC(C)CN(NC(=O)c1cccc(CN2CCC(CO)CC2)c1)c1nc(C#N)ncc1Cl. The zero-order chi connectivity index (χ0) is 23.1. The minimum Gasteiger partial charge on any atom is -0.396 e. The first kappa shape index (κ1) is 23.9. The van der Waals surface area contributed by atoms with Gasteiger partial charge in [0.2, 0.25) is 5.82 Å². The van der Waals surface area contributed by atoms with Crippen LogP contribution in [0, 0.1) is 23.2 Å². The minimum absolute atomic E-state index is 0.0145. The van der Waals surface area contributed by atoms with Crippen LogP contribution < -0.4 is 10.4 Å². The first-order chi connectivity index (χ1) is 15.4. The fourth-order valence-corrected chi connectivity index (χ4v) is 3.93. The van der Waals surface area contributed by atoms with Crippen LogP contribution in [0.4, 0.5) is 5.82 Å². The van der Waals surface area contributed by atoms with E-state index in [0.717, 1.165) is 38.0 Å². The second-order valence-corrected chi connectivity index (χ2v) is 8.93. The molecule has 0 saturated carbocycles. The molecule has 9 heteroatoms. The number of rotatable bonds is 8. The molecule has 32 heavy (non-hydrogen) atoms. The molecule has 1 aliphatic rings. The molecule has 0 atom stereocenters. The average molecular weight is 457 g/mol. The van der Waals surface area contributed by atoms with Gasteiger partial charge < -0.3 is 5.11 Å².